The van der Waals surface area contributed by atoms with Crippen LogP contribution in [-0.4, -0.2) is 54.8 Å². The summed E-state index contributed by atoms with van der Waals surface area (Å²) in [5, 5.41) is 11.8. The highest BCUT2D eigenvalue weighted by Gasteiger charge is 2.55. The van der Waals surface area contributed by atoms with Gasteiger partial charge in [-0.2, -0.15) is 0 Å². The van der Waals surface area contributed by atoms with Gasteiger partial charge in [0, 0.05) is 36.6 Å². The zero-order valence-corrected chi connectivity index (χ0v) is 16.5. The number of nitrogens with zero attached hydrogens (tertiary/aromatic N) is 1. The van der Waals surface area contributed by atoms with Crippen molar-refractivity contribution < 1.29 is 27.9 Å². The van der Waals surface area contributed by atoms with Gasteiger partial charge in [-0.05, 0) is 24.1 Å². The molecular formula is C20H27ClF2NO3+. The molecule has 2 fully saturated rings. The molecule has 1 aromatic carbocycles. The first-order chi connectivity index (χ1) is 12.5. The lowest BCUT2D eigenvalue weighted by Crippen LogP contribution is -2.50. The van der Waals surface area contributed by atoms with Crippen LogP contribution in [0, 0.1) is 5.92 Å². The highest BCUT2D eigenvalue weighted by molar-refractivity contribution is 6.30. The largest absolute Gasteiger partial charge is 0.460 e. The topological polar surface area (TPSA) is 46.5 Å². The molecule has 1 aliphatic carbocycles. The van der Waals surface area contributed by atoms with Crippen molar-refractivity contribution in [2.75, 3.05) is 27.2 Å². The lowest BCUT2D eigenvalue weighted by Gasteiger charge is -2.38. The van der Waals surface area contributed by atoms with Crippen molar-refractivity contribution in [1.29, 1.82) is 0 Å². The molecule has 0 aromatic heterocycles. The highest BCUT2D eigenvalue weighted by Crippen LogP contribution is 2.48. The maximum Gasteiger partial charge on any atom is 0.343 e. The van der Waals surface area contributed by atoms with Crippen molar-refractivity contribution in [3.8, 4) is 0 Å². The van der Waals surface area contributed by atoms with Gasteiger partial charge >= 0.3 is 5.97 Å². The Morgan fingerprint density at radius 3 is 2.33 bits per heavy atom. The van der Waals surface area contributed by atoms with Gasteiger partial charge in [-0.25, -0.2) is 13.6 Å². The molecule has 3 rings (SSSR count). The number of piperidine rings is 1. The second-order valence-electron chi connectivity index (χ2n) is 8.56. The van der Waals surface area contributed by atoms with Crippen molar-refractivity contribution in [3.63, 3.8) is 0 Å². The van der Waals surface area contributed by atoms with Gasteiger partial charge in [-0.15, -0.1) is 0 Å². The van der Waals surface area contributed by atoms with Gasteiger partial charge in [0.15, 0.2) is 5.60 Å². The third-order valence-electron chi connectivity index (χ3n) is 5.98. The summed E-state index contributed by atoms with van der Waals surface area (Å²) in [6.45, 7) is 1.72. The van der Waals surface area contributed by atoms with E-state index in [0.717, 1.165) is 17.6 Å². The van der Waals surface area contributed by atoms with Crippen LogP contribution in [0.25, 0.3) is 0 Å². The number of quaternary nitrogens is 1. The van der Waals surface area contributed by atoms with E-state index >= 15 is 0 Å². The Morgan fingerprint density at radius 2 is 1.81 bits per heavy atom. The molecule has 1 saturated carbocycles. The van der Waals surface area contributed by atoms with Crippen LogP contribution in [0.15, 0.2) is 24.3 Å². The maximum atomic E-state index is 13.8. The first-order valence-electron chi connectivity index (χ1n) is 9.41. The number of hydrogen-bond donors (Lipinski definition) is 1. The number of alkyl halides is 2. The summed E-state index contributed by atoms with van der Waals surface area (Å²) in [6, 6.07) is 6.12. The SMILES string of the molecule is C[N+]1(C)CCC(OC(=O)[C@](O)(c2ccc(Cl)cc2)[C@@H]2CCC(F)(F)C2)CC1. The summed E-state index contributed by atoms with van der Waals surface area (Å²) in [5.74, 6) is -4.60. The third kappa shape index (κ3) is 4.44. The quantitative estimate of drug-likeness (QED) is 0.616. The lowest BCUT2D eigenvalue weighted by molar-refractivity contribution is -0.896. The van der Waals surface area contributed by atoms with Crippen LogP contribution in [0.1, 0.15) is 37.7 Å². The molecule has 2 aliphatic rings. The second kappa shape index (κ2) is 7.30. The molecule has 1 heterocycles. The Kier molecular flexibility index (Phi) is 5.54. The first kappa shape index (κ1) is 20.5. The molecule has 1 aliphatic heterocycles. The molecule has 1 saturated heterocycles. The number of aliphatic hydroxyl groups is 1. The molecule has 27 heavy (non-hydrogen) atoms. The van der Waals surface area contributed by atoms with Gasteiger partial charge in [-0.1, -0.05) is 23.7 Å². The summed E-state index contributed by atoms with van der Waals surface area (Å²) in [6.07, 6.45) is 0.276. The van der Waals surface area contributed by atoms with Crippen LogP contribution >= 0.6 is 11.6 Å². The Labute approximate surface area is 163 Å². The maximum absolute atomic E-state index is 13.8. The minimum atomic E-state index is -2.88. The second-order valence-corrected chi connectivity index (χ2v) is 8.99. The van der Waals surface area contributed by atoms with Crippen LogP contribution in [0.5, 0.6) is 0 Å². The number of halogens is 3. The predicted molar refractivity (Wildman–Crippen MR) is 98.6 cm³/mol. The molecule has 0 bridgehead atoms. The van der Waals surface area contributed by atoms with Crippen molar-refractivity contribution in [2.24, 2.45) is 5.92 Å². The molecular weight excluding hydrogens is 376 g/mol. The van der Waals surface area contributed by atoms with Gasteiger partial charge in [0.2, 0.25) is 5.92 Å². The summed E-state index contributed by atoms with van der Waals surface area (Å²) < 4.78 is 34.1. The number of likely N-dealkylation sites (tertiary alicyclic amines) is 1. The molecule has 150 valence electrons. The molecule has 4 nitrogen and oxygen atoms in total. The molecule has 0 amide bonds. The molecule has 2 atom stereocenters. The number of benzene rings is 1. The van der Waals surface area contributed by atoms with Crippen molar-refractivity contribution in [2.45, 2.75) is 49.7 Å². The fraction of sp³-hybridized carbons (Fsp3) is 0.650. The third-order valence-corrected chi connectivity index (χ3v) is 6.23. The molecule has 0 spiro atoms. The fourth-order valence-corrected chi connectivity index (χ4v) is 4.26. The van der Waals surface area contributed by atoms with E-state index in [1.807, 2.05) is 0 Å². The van der Waals surface area contributed by atoms with Crippen molar-refractivity contribution in [1.82, 2.24) is 0 Å². The lowest BCUT2D eigenvalue weighted by atomic mass is 9.80. The Hall–Kier alpha value is -1.24. The standard InChI is InChI=1S/C20H27ClF2NO3/c1-24(2)11-8-17(9-12-24)27-18(25)20(26,14-3-5-16(21)6-4-14)15-7-10-19(22,23)13-15/h3-6,15,17,26H,7-13H2,1-2H3/q+1/t15-,20+/m1/s1. The zero-order chi connectivity index (χ0) is 19.9. The van der Waals surface area contributed by atoms with Crippen LogP contribution in [0.4, 0.5) is 8.78 Å². The van der Waals surface area contributed by atoms with E-state index in [1.165, 1.54) is 12.1 Å². The summed E-state index contributed by atoms with van der Waals surface area (Å²) in [5.41, 5.74) is -1.83. The average Bonchev–Trinajstić information content (AvgIpc) is 2.97. The first-order valence-corrected chi connectivity index (χ1v) is 9.79. The molecule has 1 N–H and O–H groups in total. The minimum Gasteiger partial charge on any atom is -0.460 e. The predicted octanol–water partition coefficient (Wildman–Crippen LogP) is 3.75. The Bertz CT molecular complexity index is 685. The molecule has 0 radical (unpaired) electrons. The van der Waals surface area contributed by atoms with Crippen molar-refractivity contribution in [3.05, 3.63) is 34.9 Å². The number of hydrogen-bond acceptors (Lipinski definition) is 3. The van der Waals surface area contributed by atoms with Crippen LogP contribution in [0.2, 0.25) is 5.02 Å². The van der Waals surface area contributed by atoms with E-state index in [2.05, 4.69) is 14.1 Å². The normalized spacial score (nSPS) is 27.1. The Morgan fingerprint density at radius 1 is 1.22 bits per heavy atom. The van der Waals surface area contributed by atoms with E-state index in [-0.39, 0.29) is 24.5 Å². The number of esters is 1. The Balaban J connectivity index is 1.83. The van der Waals surface area contributed by atoms with E-state index in [9.17, 15) is 18.7 Å². The fourth-order valence-electron chi connectivity index (χ4n) is 4.13. The highest BCUT2D eigenvalue weighted by atomic mass is 35.5. The molecule has 0 unspecified atom stereocenters. The van der Waals surface area contributed by atoms with E-state index < -0.39 is 29.8 Å². The summed E-state index contributed by atoms with van der Waals surface area (Å²) >= 11 is 5.91. The van der Waals surface area contributed by atoms with Crippen LogP contribution in [0.3, 0.4) is 0 Å². The molecule has 1 aromatic rings. The summed E-state index contributed by atoms with van der Waals surface area (Å²) in [4.78, 5) is 13.0. The van der Waals surface area contributed by atoms with Gasteiger partial charge in [0.25, 0.3) is 0 Å². The monoisotopic (exact) mass is 402 g/mol. The van der Waals surface area contributed by atoms with Gasteiger partial charge in [0.1, 0.15) is 6.10 Å². The number of carbonyl (C=O) groups is 1. The number of rotatable bonds is 4. The van der Waals surface area contributed by atoms with Crippen molar-refractivity contribution >= 4 is 17.6 Å². The number of ether oxygens (including phenoxy) is 1. The van der Waals surface area contributed by atoms with Gasteiger partial charge in [-0.3, -0.25) is 0 Å². The number of carbonyl (C=O) groups excluding carboxylic acids is 1. The smallest absolute Gasteiger partial charge is 0.343 e. The zero-order valence-electron chi connectivity index (χ0n) is 15.8. The van der Waals surface area contributed by atoms with Crippen LogP contribution in [-0.2, 0) is 15.1 Å². The van der Waals surface area contributed by atoms with Gasteiger partial charge < -0.3 is 14.3 Å². The van der Waals surface area contributed by atoms with Gasteiger partial charge in [0.05, 0.1) is 27.2 Å². The molecule has 7 heteroatoms. The van der Waals surface area contributed by atoms with E-state index in [1.54, 1.807) is 12.1 Å². The summed E-state index contributed by atoms with van der Waals surface area (Å²) in [7, 11) is 4.23. The van der Waals surface area contributed by atoms with E-state index in [0.29, 0.717) is 17.9 Å². The average molecular weight is 403 g/mol. The van der Waals surface area contributed by atoms with Crippen LogP contribution < -0.4 is 0 Å². The van der Waals surface area contributed by atoms with E-state index in [4.69, 9.17) is 16.3 Å². The minimum absolute atomic E-state index is 0.0653.